The lowest BCUT2D eigenvalue weighted by Gasteiger charge is -2.15. The Hall–Kier alpha value is -2.40. The Bertz CT molecular complexity index is 847. The summed E-state index contributed by atoms with van der Waals surface area (Å²) in [5.41, 5.74) is 10.2. The second-order valence-corrected chi connectivity index (χ2v) is 5.37. The molecular formula is C16H18N4O. The molecule has 2 aromatic heterocycles. The van der Waals surface area contributed by atoms with E-state index in [4.69, 9.17) is 5.73 Å². The van der Waals surface area contributed by atoms with Crippen molar-refractivity contribution in [1.29, 1.82) is 0 Å². The summed E-state index contributed by atoms with van der Waals surface area (Å²) in [6, 6.07) is 7.67. The zero-order chi connectivity index (χ0) is 15.0. The molecule has 0 spiro atoms. The monoisotopic (exact) mass is 282 g/mol. The van der Waals surface area contributed by atoms with Gasteiger partial charge in [0.1, 0.15) is 5.52 Å². The number of hydrogen-bond donors (Lipinski definition) is 1. The Balaban J connectivity index is 1.92. The molecule has 0 aliphatic heterocycles. The van der Waals surface area contributed by atoms with E-state index >= 15 is 0 Å². The summed E-state index contributed by atoms with van der Waals surface area (Å²) >= 11 is 0. The Morgan fingerprint density at radius 2 is 2.00 bits per heavy atom. The van der Waals surface area contributed by atoms with Crippen molar-refractivity contribution in [2.24, 2.45) is 5.73 Å². The third kappa shape index (κ3) is 2.48. The van der Waals surface area contributed by atoms with Gasteiger partial charge in [-0.15, -0.1) is 0 Å². The average Bonchev–Trinajstić information content (AvgIpc) is 2.94. The molecule has 0 aliphatic carbocycles. The van der Waals surface area contributed by atoms with E-state index in [1.165, 1.54) is 11.1 Å². The van der Waals surface area contributed by atoms with Gasteiger partial charge in [-0.1, -0.05) is 18.2 Å². The Morgan fingerprint density at radius 3 is 2.76 bits per heavy atom. The highest BCUT2D eigenvalue weighted by molar-refractivity contribution is 5.42. The molecule has 1 unspecified atom stereocenters. The lowest BCUT2D eigenvalue weighted by Crippen LogP contribution is -2.27. The molecule has 2 heterocycles. The van der Waals surface area contributed by atoms with Gasteiger partial charge in [0.15, 0.2) is 0 Å². The zero-order valence-electron chi connectivity index (χ0n) is 12.2. The molecule has 0 saturated heterocycles. The maximum absolute atomic E-state index is 12.3. The molecule has 0 aliphatic rings. The van der Waals surface area contributed by atoms with Crippen molar-refractivity contribution in [3.8, 4) is 0 Å². The molecule has 5 heteroatoms. The van der Waals surface area contributed by atoms with E-state index in [0.29, 0.717) is 12.1 Å². The minimum absolute atomic E-state index is 0.0747. The molecule has 1 aromatic carbocycles. The van der Waals surface area contributed by atoms with Crippen LogP contribution in [0.4, 0.5) is 0 Å². The molecule has 0 saturated carbocycles. The maximum Gasteiger partial charge on any atom is 0.276 e. The van der Waals surface area contributed by atoms with E-state index in [1.54, 1.807) is 33.7 Å². The zero-order valence-corrected chi connectivity index (χ0v) is 12.2. The number of nitrogens with two attached hydrogens (primary N) is 1. The number of fused-ring (bicyclic) bond motifs is 1. The van der Waals surface area contributed by atoms with Crippen LogP contribution in [0.3, 0.4) is 0 Å². The topological polar surface area (TPSA) is 65.3 Å². The highest BCUT2D eigenvalue weighted by atomic mass is 16.1. The van der Waals surface area contributed by atoms with Crippen LogP contribution in [0.1, 0.15) is 22.7 Å². The van der Waals surface area contributed by atoms with Crippen molar-refractivity contribution >= 4 is 5.52 Å². The summed E-state index contributed by atoms with van der Waals surface area (Å²) in [4.78, 5) is 12.3. The highest BCUT2D eigenvalue weighted by Gasteiger charge is 2.10. The van der Waals surface area contributed by atoms with E-state index in [9.17, 15) is 4.79 Å². The van der Waals surface area contributed by atoms with Crippen LogP contribution in [-0.2, 0) is 6.54 Å². The van der Waals surface area contributed by atoms with Crippen molar-refractivity contribution in [1.82, 2.24) is 14.2 Å². The van der Waals surface area contributed by atoms with Crippen LogP contribution in [0, 0.1) is 13.8 Å². The van der Waals surface area contributed by atoms with Crippen molar-refractivity contribution in [2.75, 3.05) is 0 Å². The van der Waals surface area contributed by atoms with Gasteiger partial charge in [0.2, 0.25) is 0 Å². The fourth-order valence-electron chi connectivity index (χ4n) is 2.42. The number of nitrogens with zero attached hydrogens (tertiary/aromatic N) is 3. The molecule has 3 aromatic rings. The third-order valence-corrected chi connectivity index (χ3v) is 3.89. The quantitative estimate of drug-likeness (QED) is 0.797. The summed E-state index contributed by atoms with van der Waals surface area (Å²) in [5, 5.41) is 4.05. The number of hydrogen-bond acceptors (Lipinski definition) is 3. The smallest absolute Gasteiger partial charge is 0.276 e. The Kier molecular flexibility index (Phi) is 3.35. The van der Waals surface area contributed by atoms with Crippen LogP contribution < -0.4 is 11.3 Å². The van der Waals surface area contributed by atoms with Crippen LogP contribution in [-0.4, -0.2) is 14.2 Å². The van der Waals surface area contributed by atoms with E-state index in [1.807, 2.05) is 6.07 Å². The molecule has 21 heavy (non-hydrogen) atoms. The van der Waals surface area contributed by atoms with Gasteiger partial charge >= 0.3 is 0 Å². The van der Waals surface area contributed by atoms with Gasteiger partial charge in [-0.05, 0) is 36.6 Å². The minimum atomic E-state index is -0.215. The molecule has 2 N–H and O–H groups in total. The fraction of sp³-hybridized carbons (Fsp3) is 0.250. The van der Waals surface area contributed by atoms with E-state index in [0.717, 1.165) is 5.56 Å². The third-order valence-electron chi connectivity index (χ3n) is 3.89. The van der Waals surface area contributed by atoms with Crippen LogP contribution in [0.25, 0.3) is 5.52 Å². The van der Waals surface area contributed by atoms with Crippen LogP contribution >= 0.6 is 0 Å². The number of rotatable bonds is 3. The molecule has 5 nitrogen and oxygen atoms in total. The molecule has 0 amide bonds. The van der Waals surface area contributed by atoms with Crippen LogP contribution in [0.15, 0.2) is 47.7 Å². The van der Waals surface area contributed by atoms with Crippen molar-refractivity contribution in [3.63, 3.8) is 0 Å². The second kappa shape index (κ2) is 5.18. The first-order chi connectivity index (χ1) is 10.1. The van der Waals surface area contributed by atoms with Crippen molar-refractivity contribution < 1.29 is 0 Å². The van der Waals surface area contributed by atoms with Gasteiger partial charge < -0.3 is 10.3 Å². The first kappa shape index (κ1) is 13.6. The summed E-state index contributed by atoms with van der Waals surface area (Å²) in [5.74, 6) is 0. The van der Waals surface area contributed by atoms with Gasteiger partial charge in [0.05, 0.1) is 6.20 Å². The average molecular weight is 282 g/mol. The summed E-state index contributed by atoms with van der Waals surface area (Å²) in [6.07, 6.45) is 5.11. The SMILES string of the molecule is Cc1ccc(C(N)Cn2ccn3nccc3c2=O)cc1C. The predicted molar refractivity (Wildman–Crippen MR) is 82.3 cm³/mol. The van der Waals surface area contributed by atoms with Gasteiger partial charge in [0, 0.05) is 25.0 Å². The molecular weight excluding hydrogens is 264 g/mol. The number of benzene rings is 1. The van der Waals surface area contributed by atoms with E-state index in [-0.39, 0.29) is 11.6 Å². The van der Waals surface area contributed by atoms with E-state index < -0.39 is 0 Å². The molecule has 0 fully saturated rings. The molecule has 0 radical (unpaired) electrons. The standard InChI is InChI=1S/C16H18N4O/c1-11-3-4-13(9-12(11)2)14(17)10-19-7-8-20-15(16(19)21)5-6-18-20/h3-9,14H,10,17H2,1-2H3. The summed E-state index contributed by atoms with van der Waals surface area (Å²) < 4.78 is 3.21. The first-order valence-corrected chi connectivity index (χ1v) is 6.92. The van der Waals surface area contributed by atoms with E-state index in [2.05, 4.69) is 31.1 Å². The lowest BCUT2D eigenvalue weighted by molar-refractivity contribution is 0.559. The highest BCUT2D eigenvalue weighted by Crippen LogP contribution is 2.16. The fourth-order valence-corrected chi connectivity index (χ4v) is 2.42. The first-order valence-electron chi connectivity index (χ1n) is 6.92. The maximum atomic E-state index is 12.3. The largest absolute Gasteiger partial charge is 0.322 e. The molecule has 1 atom stereocenters. The van der Waals surface area contributed by atoms with Gasteiger partial charge in [0.25, 0.3) is 5.56 Å². The van der Waals surface area contributed by atoms with Crippen molar-refractivity contribution in [3.05, 3.63) is 69.9 Å². The van der Waals surface area contributed by atoms with Crippen LogP contribution in [0.2, 0.25) is 0 Å². The second-order valence-electron chi connectivity index (χ2n) is 5.37. The Labute approximate surface area is 122 Å². The lowest BCUT2D eigenvalue weighted by atomic mass is 10.0. The molecule has 3 rings (SSSR count). The van der Waals surface area contributed by atoms with Crippen LogP contribution in [0.5, 0.6) is 0 Å². The Morgan fingerprint density at radius 1 is 1.19 bits per heavy atom. The molecule has 0 bridgehead atoms. The van der Waals surface area contributed by atoms with Gasteiger partial charge in [-0.3, -0.25) is 4.79 Å². The predicted octanol–water partition coefficient (Wildman–Crippen LogP) is 1.81. The van der Waals surface area contributed by atoms with Crippen molar-refractivity contribution in [2.45, 2.75) is 26.4 Å². The number of aromatic nitrogens is 3. The summed E-state index contributed by atoms with van der Waals surface area (Å²) in [7, 11) is 0. The van der Waals surface area contributed by atoms with Gasteiger partial charge in [-0.2, -0.15) is 5.10 Å². The number of aryl methyl sites for hydroxylation is 2. The summed E-state index contributed by atoms with van der Waals surface area (Å²) in [6.45, 7) is 4.59. The molecule has 108 valence electrons. The van der Waals surface area contributed by atoms with Gasteiger partial charge in [-0.25, -0.2) is 4.52 Å². The normalized spacial score (nSPS) is 12.7. The minimum Gasteiger partial charge on any atom is -0.322 e.